The van der Waals surface area contributed by atoms with Crippen molar-refractivity contribution in [3.8, 4) is 11.5 Å². The maximum absolute atomic E-state index is 12.6. The number of benzene rings is 1. The molecular weight excluding hydrogens is 400 g/mol. The molecule has 0 aromatic heterocycles. The number of rotatable bonds is 10. The molecule has 1 aliphatic carbocycles. The maximum Gasteiger partial charge on any atom is 0.243 e. The number of methoxy groups -OCH3 is 2. The SMILES string of the molecule is COc1ccc(N([C@@H](C)C(=O)NCCSC2CCCC2)S(C)(=O)=O)cc1OC. The molecule has 1 amide bonds. The van der Waals surface area contributed by atoms with E-state index >= 15 is 0 Å². The molecule has 1 aliphatic rings. The summed E-state index contributed by atoms with van der Waals surface area (Å²) in [6, 6.07) is 3.89. The third-order valence-corrected chi connectivity index (χ3v) is 7.39. The van der Waals surface area contributed by atoms with E-state index in [1.807, 2.05) is 11.8 Å². The third-order valence-electron chi connectivity index (χ3n) is 4.77. The average Bonchev–Trinajstić information content (AvgIpc) is 3.17. The number of anilines is 1. The largest absolute Gasteiger partial charge is 0.493 e. The van der Waals surface area contributed by atoms with Gasteiger partial charge in [-0.05, 0) is 31.9 Å². The number of nitrogens with zero attached hydrogens (tertiary/aromatic N) is 1. The zero-order chi connectivity index (χ0) is 20.7. The molecule has 7 nitrogen and oxygen atoms in total. The van der Waals surface area contributed by atoms with Gasteiger partial charge in [0.05, 0.1) is 26.2 Å². The maximum atomic E-state index is 12.6. The first-order chi connectivity index (χ1) is 13.3. The Kier molecular flexibility index (Phi) is 8.30. The van der Waals surface area contributed by atoms with Crippen LogP contribution in [0.25, 0.3) is 0 Å². The van der Waals surface area contributed by atoms with E-state index in [4.69, 9.17) is 9.47 Å². The Labute approximate surface area is 172 Å². The Morgan fingerprint density at radius 3 is 2.46 bits per heavy atom. The van der Waals surface area contributed by atoms with Crippen LogP contribution in [-0.4, -0.2) is 58.4 Å². The first-order valence-corrected chi connectivity index (χ1v) is 12.3. The van der Waals surface area contributed by atoms with Gasteiger partial charge in [-0.2, -0.15) is 11.8 Å². The normalized spacial score (nSPS) is 15.9. The van der Waals surface area contributed by atoms with Crippen molar-refractivity contribution in [3.63, 3.8) is 0 Å². The fourth-order valence-corrected chi connectivity index (χ4v) is 5.76. The summed E-state index contributed by atoms with van der Waals surface area (Å²) in [6.45, 7) is 2.10. The molecule has 1 fully saturated rings. The fraction of sp³-hybridized carbons (Fsp3) is 0.632. The molecule has 0 radical (unpaired) electrons. The van der Waals surface area contributed by atoms with Gasteiger partial charge in [-0.3, -0.25) is 9.10 Å². The Bertz CT molecular complexity index is 764. The van der Waals surface area contributed by atoms with Crippen molar-refractivity contribution in [2.75, 3.05) is 37.1 Å². The van der Waals surface area contributed by atoms with Crippen LogP contribution in [-0.2, 0) is 14.8 Å². The summed E-state index contributed by atoms with van der Waals surface area (Å²) in [6.07, 6.45) is 6.15. The summed E-state index contributed by atoms with van der Waals surface area (Å²) < 4.78 is 36.4. The van der Waals surface area contributed by atoms with Crippen molar-refractivity contribution >= 4 is 33.4 Å². The van der Waals surface area contributed by atoms with Crippen LogP contribution in [0.5, 0.6) is 11.5 Å². The highest BCUT2D eigenvalue weighted by Crippen LogP contribution is 2.33. The number of amides is 1. The summed E-state index contributed by atoms with van der Waals surface area (Å²) >= 11 is 1.88. The summed E-state index contributed by atoms with van der Waals surface area (Å²) in [5.41, 5.74) is 0.350. The third kappa shape index (κ3) is 5.94. The number of sulfonamides is 1. The molecule has 9 heteroatoms. The molecule has 2 rings (SSSR count). The van der Waals surface area contributed by atoms with Crippen LogP contribution in [0.3, 0.4) is 0 Å². The molecule has 1 aromatic carbocycles. The van der Waals surface area contributed by atoms with Crippen LogP contribution in [0.2, 0.25) is 0 Å². The lowest BCUT2D eigenvalue weighted by Gasteiger charge is -2.28. The monoisotopic (exact) mass is 430 g/mol. The zero-order valence-electron chi connectivity index (χ0n) is 16.9. The van der Waals surface area contributed by atoms with Gasteiger partial charge in [0.25, 0.3) is 0 Å². The number of hydrogen-bond acceptors (Lipinski definition) is 6. The fourth-order valence-electron chi connectivity index (χ4n) is 3.37. The van der Waals surface area contributed by atoms with Crippen LogP contribution < -0.4 is 19.1 Å². The molecule has 1 N–H and O–H groups in total. The first-order valence-electron chi connectivity index (χ1n) is 9.38. The van der Waals surface area contributed by atoms with Gasteiger partial charge >= 0.3 is 0 Å². The minimum absolute atomic E-state index is 0.327. The number of carbonyl (C=O) groups is 1. The lowest BCUT2D eigenvalue weighted by Crippen LogP contribution is -2.48. The molecule has 0 spiro atoms. The smallest absolute Gasteiger partial charge is 0.243 e. The van der Waals surface area contributed by atoms with E-state index in [0.717, 1.165) is 16.3 Å². The quantitative estimate of drug-likeness (QED) is 0.575. The Morgan fingerprint density at radius 2 is 1.89 bits per heavy atom. The minimum atomic E-state index is -3.68. The van der Waals surface area contributed by atoms with Crippen molar-refractivity contribution < 1.29 is 22.7 Å². The molecular formula is C19H30N2O5S2. The lowest BCUT2D eigenvalue weighted by atomic mass is 10.2. The van der Waals surface area contributed by atoms with Gasteiger partial charge in [0.15, 0.2) is 11.5 Å². The molecule has 0 saturated heterocycles. The van der Waals surface area contributed by atoms with Crippen molar-refractivity contribution in [1.82, 2.24) is 5.32 Å². The van der Waals surface area contributed by atoms with Crippen LogP contribution >= 0.6 is 11.8 Å². The summed E-state index contributed by atoms with van der Waals surface area (Å²) in [7, 11) is -0.697. The second-order valence-electron chi connectivity index (χ2n) is 6.84. The van der Waals surface area contributed by atoms with Crippen molar-refractivity contribution in [3.05, 3.63) is 18.2 Å². The topological polar surface area (TPSA) is 84.9 Å². The van der Waals surface area contributed by atoms with Crippen molar-refractivity contribution in [2.45, 2.75) is 43.9 Å². The number of thioether (sulfide) groups is 1. The highest BCUT2D eigenvalue weighted by Gasteiger charge is 2.29. The summed E-state index contributed by atoms with van der Waals surface area (Å²) in [4.78, 5) is 12.6. The highest BCUT2D eigenvalue weighted by atomic mass is 32.2. The van der Waals surface area contributed by atoms with E-state index in [1.165, 1.54) is 39.9 Å². The van der Waals surface area contributed by atoms with Crippen LogP contribution in [0.15, 0.2) is 18.2 Å². The number of carbonyl (C=O) groups excluding carboxylic acids is 1. The van der Waals surface area contributed by atoms with Gasteiger partial charge in [-0.1, -0.05) is 12.8 Å². The van der Waals surface area contributed by atoms with Gasteiger partial charge in [-0.15, -0.1) is 0 Å². The summed E-state index contributed by atoms with van der Waals surface area (Å²) in [5, 5.41) is 3.55. The lowest BCUT2D eigenvalue weighted by molar-refractivity contribution is -0.121. The van der Waals surface area contributed by atoms with E-state index in [2.05, 4.69) is 5.32 Å². The number of ether oxygens (including phenoxy) is 2. The van der Waals surface area contributed by atoms with E-state index in [0.29, 0.717) is 29.0 Å². The van der Waals surface area contributed by atoms with Gasteiger partial charge in [0.1, 0.15) is 6.04 Å². The second-order valence-corrected chi connectivity index (χ2v) is 10.1. The van der Waals surface area contributed by atoms with Gasteiger partial charge < -0.3 is 14.8 Å². The molecule has 1 aromatic rings. The molecule has 1 saturated carbocycles. The van der Waals surface area contributed by atoms with Gasteiger partial charge in [-0.25, -0.2) is 8.42 Å². The summed E-state index contributed by atoms with van der Waals surface area (Å²) in [5.74, 6) is 1.39. The second kappa shape index (κ2) is 10.2. The van der Waals surface area contributed by atoms with Crippen LogP contribution in [0, 0.1) is 0 Å². The molecule has 0 bridgehead atoms. The standard InChI is InChI=1S/C19H30N2O5S2/c1-14(19(22)20-11-12-27-16-7-5-6-8-16)21(28(4,23)24)15-9-10-17(25-2)18(13-15)26-3/h9-10,13-14,16H,5-8,11-12H2,1-4H3,(H,20,22)/t14-/m0/s1. The van der Waals surface area contributed by atoms with Gasteiger partial charge in [0.2, 0.25) is 15.9 Å². The minimum Gasteiger partial charge on any atom is -0.493 e. The first kappa shape index (κ1) is 22.7. The van der Waals surface area contributed by atoms with E-state index in [1.54, 1.807) is 25.1 Å². The predicted octanol–water partition coefficient (Wildman–Crippen LogP) is 2.65. The number of nitrogens with one attached hydrogen (secondary N) is 1. The van der Waals surface area contributed by atoms with Crippen molar-refractivity contribution in [1.29, 1.82) is 0 Å². The molecule has 158 valence electrons. The Hall–Kier alpha value is -1.61. The van der Waals surface area contributed by atoms with Gasteiger partial charge in [0, 0.05) is 23.6 Å². The van der Waals surface area contributed by atoms with E-state index < -0.39 is 16.1 Å². The zero-order valence-corrected chi connectivity index (χ0v) is 18.6. The van der Waals surface area contributed by atoms with E-state index in [9.17, 15) is 13.2 Å². The number of hydrogen-bond donors (Lipinski definition) is 1. The molecule has 0 heterocycles. The predicted molar refractivity (Wildman–Crippen MR) is 114 cm³/mol. The molecule has 0 unspecified atom stereocenters. The van der Waals surface area contributed by atoms with E-state index in [-0.39, 0.29) is 5.91 Å². The Balaban J connectivity index is 2.06. The molecule has 28 heavy (non-hydrogen) atoms. The van der Waals surface area contributed by atoms with Crippen LogP contribution in [0.4, 0.5) is 5.69 Å². The highest BCUT2D eigenvalue weighted by molar-refractivity contribution is 7.99. The molecule has 1 atom stereocenters. The molecule has 0 aliphatic heterocycles. The van der Waals surface area contributed by atoms with Crippen molar-refractivity contribution in [2.24, 2.45) is 0 Å². The van der Waals surface area contributed by atoms with Crippen LogP contribution in [0.1, 0.15) is 32.6 Å². The Morgan fingerprint density at radius 1 is 1.25 bits per heavy atom. The average molecular weight is 431 g/mol.